The topological polar surface area (TPSA) is 78.7 Å². The van der Waals surface area contributed by atoms with E-state index in [1.807, 2.05) is 30.3 Å². The van der Waals surface area contributed by atoms with Gasteiger partial charge in [-0.3, -0.25) is 14.9 Å². The average Bonchev–Trinajstić information content (AvgIpc) is 2.95. The Hall–Kier alpha value is -2.57. The van der Waals surface area contributed by atoms with Crippen molar-refractivity contribution in [2.75, 3.05) is 0 Å². The van der Waals surface area contributed by atoms with Crippen molar-refractivity contribution in [1.82, 2.24) is 0 Å². The molecule has 0 N–H and O–H groups in total. The number of carbonyl (C=O) groups is 1. The summed E-state index contributed by atoms with van der Waals surface area (Å²) in [7, 11) is 0. The number of fused-ring (bicyclic) bond motifs is 2. The van der Waals surface area contributed by atoms with Crippen LogP contribution in [0, 0.1) is 10.1 Å². The van der Waals surface area contributed by atoms with Gasteiger partial charge in [0, 0.05) is 30.5 Å². The van der Waals surface area contributed by atoms with Crippen LogP contribution >= 0.6 is 0 Å². The number of nitro groups is 1. The van der Waals surface area contributed by atoms with Crippen LogP contribution in [-0.4, -0.2) is 16.8 Å². The minimum absolute atomic E-state index is 0.00644. The van der Waals surface area contributed by atoms with E-state index >= 15 is 0 Å². The minimum Gasteiger partial charge on any atom is -0.335 e. The first kappa shape index (κ1) is 15.9. The molecule has 0 saturated carbocycles. The first-order valence-corrected chi connectivity index (χ1v) is 8.27. The number of hydrogen-bond acceptors (Lipinski definition) is 5. The molecule has 2 bridgehead atoms. The number of rotatable bonds is 3. The second-order valence-electron chi connectivity index (χ2n) is 6.36. The number of nitro benzene ring substituents is 1. The van der Waals surface area contributed by atoms with Gasteiger partial charge in [0.25, 0.3) is 5.69 Å². The Labute approximate surface area is 144 Å². The number of carbonyl (C=O) groups excluding carboxylic acids is 1. The molecule has 2 aliphatic rings. The van der Waals surface area contributed by atoms with Gasteiger partial charge in [0.15, 0.2) is 11.6 Å². The summed E-state index contributed by atoms with van der Waals surface area (Å²) in [5.74, 6) is -0.927. The Balaban J connectivity index is 1.72. The Morgan fingerprint density at radius 2 is 1.68 bits per heavy atom. The molecule has 2 saturated heterocycles. The van der Waals surface area contributed by atoms with Gasteiger partial charge >= 0.3 is 0 Å². The zero-order valence-corrected chi connectivity index (χ0v) is 13.5. The fraction of sp³-hybridized carbons (Fsp3) is 0.316. The summed E-state index contributed by atoms with van der Waals surface area (Å²) in [6, 6.07) is 15.7. The maximum Gasteiger partial charge on any atom is 0.269 e. The van der Waals surface area contributed by atoms with Crippen LogP contribution in [0.3, 0.4) is 0 Å². The zero-order valence-electron chi connectivity index (χ0n) is 13.5. The van der Waals surface area contributed by atoms with Crippen molar-refractivity contribution in [1.29, 1.82) is 0 Å². The van der Waals surface area contributed by atoms with E-state index in [2.05, 4.69) is 0 Å². The molecule has 2 aromatic rings. The number of ketones is 1. The molecule has 128 valence electrons. The number of nitrogens with zero attached hydrogens (tertiary/aromatic N) is 1. The molecule has 0 spiro atoms. The normalized spacial score (nSPS) is 28.6. The third kappa shape index (κ3) is 2.73. The molecule has 0 unspecified atom stereocenters. The summed E-state index contributed by atoms with van der Waals surface area (Å²) in [6.07, 6.45) is 0.504. The lowest BCUT2D eigenvalue weighted by Crippen LogP contribution is -2.27. The van der Waals surface area contributed by atoms with E-state index in [9.17, 15) is 14.9 Å². The molecular weight excluding hydrogens is 322 g/mol. The summed E-state index contributed by atoms with van der Waals surface area (Å²) in [4.78, 5) is 22.9. The van der Waals surface area contributed by atoms with Gasteiger partial charge in [-0.15, -0.1) is 0 Å². The standard InChI is InChI=1S/C19H17NO5/c21-16-7-4-12-19(14-5-2-1-3-6-14)24-17(18(16)25-19)13-8-10-15(11-9-13)20(22)23/h1-3,5-6,8-11,17-18H,4,7,12H2/t17-,18-,19-/m0/s1. The van der Waals surface area contributed by atoms with E-state index in [1.54, 1.807) is 12.1 Å². The Kier molecular flexibility index (Phi) is 3.86. The van der Waals surface area contributed by atoms with Crippen LogP contribution in [-0.2, 0) is 20.1 Å². The Morgan fingerprint density at radius 1 is 1.00 bits per heavy atom. The van der Waals surface area contributed by atoms with Crippen LogP contribution in [0.1, 0.15) is 36.5 Å². The quantitative estimate of drug-likeness (QED) is 0.630. The second kappa shape index (κ2) is 6.06. The molecule has 2 fully saturated rings. The molecule has 0 aliphatic carbocycles. The van der Waals surface area contributed by atoms with Gasteiger partial charge in [-0.2, -0.15) is 0 Å². The van der Waals surface area contributed by atoms with E-state index in [0.717, 1.165) is 5.56 Å². The lowest BCUT2D eigenvalue weighted by Gasteiger charge is -2.28. The largest absolute Gasteiger partial charge is 0.335 e. The van der Waals surface area contributed by atoms with Crippen molar-refractivity contribution in [3.8, 4) is 0 Å². The summed E-state index contributed by atoms with van der Waals surface area (Å²) >= 11 is 0. The fourth-order valence-corrected chi connectivity index (χ4v) is 3.55. The Morgan fingerprint density at radius 3 is 2.36 bits per heavy atom. The summed E-state index contributed by atoms with van der Waals surface area (Å²) in [6.45, 7) is 0. The van der Waals surface area contributed by atoms with Crippen LogP contribution in [0.5, 0.6) is 0 Å². The van der Waals surface area contributed by atoms with Crippen molar-refractivity contribution < 1.29 is 19.2 Å². The molecule has 2 aromatic carbocycles. The van der Waals surface area contributed by atoms with Gasteiger partial charge in [0.05, 0.1) is 4.92 Å². The molecule has 4 rings (SSSR count). The number of Topliss-reactive ketones (excluding diaryl/α,β-unsaturated/α-hetero) is 1. The monoisotopic (exact) mass is 339 g/mol. The number of ether oxygens (including phenoxy) is 2. The van der Waals surface area contributed by atoms with Crippen LogP contribution in [0.25, 0.3) is 0 Å². The lowest BCUT2D eigenvalue weighted by molar-refractivity contribution is -0.384. The molecular formula is C19H17NO5. The first-order chi connectivity index (χ1) is 12.1. The molecule has 6 heteroatoms. The third-order valence-corrected chi connectivity index (χ3v) is 4.80. The summed E-state index contributed by atoms with van der Waals surface area (Å²) in [5.41, 5.74) is 1.61. The van der Waals surface area contributed by atoms with Crippen molar-refractivity contribution in [2.45, 2.75) is 37.3 Å². The maximum atomic E-state index is 12.5. The van der Waals surface area contributed by atoms with Gasteiger partial charge in [-0.25, -0.2) is 0 Å². The zero-order chi connectivity index (χ0) is 17.4. The number of hydrogen-bond donors (Lipinski definition) is 0. The number of non-ortho nitro benzene ring substituents is 1. The summed E-state index contributed by atoms with van der Waals surface area (Å²) in [5, 5.41) is 10.8. The van der Waals surface area contributed by atoms with E-state index in [4.69, 9.17) is 9.47 Å². The summed E-state index contributed by atoms with van der Waals surface area (Å²) < 4.78 is 12.4. The third-order valence-electron chi connectivity index (χ3n) is 4.80. The molecule has 25 heavy (non-hydrogen) atoms. The maximum absolute atomic E-state index is 12.5. The molecule has 6 nitrogen and oxygen atoms in total. The van der Waals surface area contributed by atoms with Crippen LogP contribution in [0.2, 0.25) is 0 Å². The minimum atomic E-state index is -0.940. The molecule has 2 aliphatic heterocycles. The van der Waals surface area contributed by atoms with Gasteiger partial charge in [0.2, 0.25) is 0 Å². The van der Waals surface area contributed by atoms with Crippen molar-refractivity contribution in [3.05, 3.63) is 75.8 Å². The Bertz CT molecular complexity index is 804. The van der Waals surface area contributed by atoms with Gasteiger partial charge in [-0.05, 0) is 24.1 Å². The van der Waals surface area contributed by atoms with Crippen molar-refractivity contribution >= 4 is 11.5 Å². The van der Waals surface area contributed by atoms with Crippen LogP contribution < -0.4 is 0 Å². The highest BCUT2D eigenvalue weighted by molar-refractivity contribution is 5.84. The molecule has 0 radical (unpaired) electrons. The lowest BCUT2D eigenvalue weighted by atomic mass is 9.95. The van der Waals surface area contributed by atoms with Gasteiger partial charge < -0.3 is 9.47 Å². The highest BCUT2D eigenvalue weighted by Crippen LogP contribution is 2.49. The highest BCUT2D eigenvalue weighted by atomic mass is 16.8. The van der Waals surface area contributed by atoms with E-state index in [0.29, 0.717) is 24.8 Å². The smallest absolute Gasteiger partial charge is 0.269 e. The fourth-order valence-electron chi connectivity index (χ4n) is 3.55. The number of benzene rings is 2. The van der Waals surface area contributed by atoms with E-state index < -0.39 is 22.9 Å². The SMILES string of the molecule is O=C1CCC[C@@]2(c3ccccc3)O[C@@H]1[C@H](c1ccc([N+](=O)[O-])cc1)O2. The average molecular weight is 339 g/mol. The van der Waals surface area contributed by atoms with Crippen LogP contribution in [0.4, 0.5) is 5.69 Å². The van der Waals surface area contributed by atoms with E-state index in [-0.39, 0.29) is 11.5 Å². The predicted molar refractivity (Wildman–Crippen MR) is 88.8 cm³/mol. The first-order valence-electron chi connectivity index (χ1n) is 8.27. The van der Waals surface area contributed by atoms with E-state index in [1.165, 1.54) is 12.1 Å². The highest BCUT2D eigenvalue weighted by Gasteiger charge is 2.53. The predicted octanol–water partition coefficient (Wildman–Crippen LogP) is 3.66. The van der Waals surface area contributed by atoms with Crippen LogP contribution in [0.15, 0.2) is 54.6 Å². The van der Waals surface area contributed by atoms with Crippen molar-refractivity contribution in [3.63, 3.8) is 0 Å². The van der Waals surface area contributed by atoms with Gasteiger partial charge in [0.1, 0.15) is 12.2 Å². The van der Waals surface area contributed by atoms with Gasteiger partial charge in [-0.1, -0.05) is 30.3 Å². The van der Waals surface area contributed by atoms with Crippen molar-refractivity contribution in [2.24, 2.45) is 0 Å². The molecule has 0 amide bonds. The molecule has 3 atom stereocenters. The molecule has 0 aromatic heterocycles. The second-order valence-corrected chi connectivity index (χ2v) is 6.36. The molecule has 2 heterocycles.